The van der Waals surface area contributed by atoms with Gasteiger partial charge in [0.25, 0.3) is 11.8 Å². The van der Waals surface area contributed by atoms with Gasteiger partial charge in [0.05, 0.1) is 6.26 Å². The van der Waals surface area contributed by atoms with Crippen LogP contribution in [0.3, 0.4) is 0 Å². The molecule has 2 amide bonds. The first-order valence-electron chi connectivity index (χ1n) is 8.49. The molecule has 7 nitrogen and oxygen atoms in total. The van der Waals surface area contributed by atoms with E-state index in [-0.39, 0.29) is 37.0 Å². The summed E-state index contributed by atoms with van der Waals surface area (Å²) in [6.45, 7) is 1.95. The Morgan fingerprint density at radius 2 is 1.89 bits per heavy atom. The summed E-state index contributed by atoms with van der Waals surface area (Å²) >= 11 is 0. The van der Waals surface area contributed by atoms with Gasteiger partial charge in [-0.25, -0.2) is 4.39 Å². The molecule has 0 radical (unpaired) electrons. The largest absolute Gasteiger partial charge is 0.459 e. The maximum atomic E-state index is 12.8. The molecule has 1 aromatic carbocycles. The quantitative estimate of drug-likeness (QED) is 0.516. The molecule has 27 heavy (non-hydrogen) atoms. The van der Waals surface area contributed by atoms with E-state index in [0.717, 1.165) is 5.56 Å². The molecule has 2 N–H and O–H groups in total. The minimum absolute atomic E-state index is 0.0635. The van der Waals surface area contributed by atoms with Crippen molar-refractivity contribution in [3.05, 3.63) is 59.8 Å². The van der Waals surface area contributed by atoms with Crippen molar-refractivity contribution in [1.82, 2.24) is 10.6 Å². The molecule has 0 saturated heterocycles. The van der Waals surface area contributed by atoms with Gasteiger partial charge in [0.2, 0.25) is 0 Å². The molecule has 0 spiro atoms. The number of amides is 2. The van der Waals surface area contributed by atoms with E-state index in [9.17, 15) is 18.8 Å². The van der Waals surface area contributed by atoms with E-state index in [1.807, 2.05) is 0 Å². The number of hydrogen-bond acceptors (Lipinski definition) is 5. The van der Waals surface area contributed by atoms with E-state index in [1.54, 1.807) is 18.2 Å². The number of carbonyl (C=O) groups is 3. The Hall–Kier alpha value is -3.16. The lowest BCUT2D eigenvalue weighted by atomic mass is 10.2. The third-order valence-corrected chi connectivity index (χ3v) is 3.65. The van der Waals surface area contributed by atoms with E-state index in [4.69, 9.17) is 9.15 Å². The average Bonchev–Trinajstić information content (AvgIpc) is 3.19. The number of carbonyl (C=O) groups excluding carboxylic acids is 3. The number of hydrogen-bond donors (Lipinski definition) is 2. The fourth-order valence-electron chi connectivity index (χ4n) is 2.17. The number of nitrogens with one attached hydrogen (secondary N) is 2. The molecule has 0 bridgehead atoms. The van der Waals surface area contributed by atoms with E-state index in [0.29, 0.717) is 6.42 Å². The second-order valence-corrected chi connectivity index (χ2v) is 5.81. The van der Waals surface area contributed by atoms with Crippen molar-refractivity contribution in [3.63, 3.8) is 0 Å². The molecule has 2 aromatic rings. The molecular formula is C19H21FN2O5. The van der Waals surface area contributed by atoms with Gasteiger partial charge in [0, 0.05) is 19.5 Å². The Bertz CT molecular complexity index is 759. The number of furan rings is 1. The SMILES string of the molecule is CC(OC(=O)CCCNC(=O)c1ccco1)C(=O)NCc1ccc(F)cc1. The third kappa shape index (κ3) is 6.93. The van der Waals surface area contributed by atoms with Crippen LogP contribution in [0.4, 0.5) is 4.39 Å². The summed E-state index contributed by atoms with van der Waals surface area (Å²) in [4.78, 5) is 35.3. The summed E-state index contributed by atoms with van der Waals surface area (Å²) in [7, 11) is 0. The van der Waals surface area contributed by atoms with Crippen molar-refractivity contribution in [1.29, 1.82) is 0 Å². The highest BCUT2D eigenvalue weighted by Gasteiger charge is 2.17. The van der Waals surface area contributed by atoms with Gasteiger partial charge in [-0.1, -0.05) is 12.1 Å². The molecule has 0 aliphatic carbocycles. The van der Waals surface area contributed by atoms with Gasteiger partial charge in [-0.3, -0.25) is 14.4 Å². The lowest BCUT2D eigenvalue weighted by molar-refractivity contribution is -0.154. The van der Waals surface area contributed by atoms with Crippen molar-refractivity contribution in [2.45, 2.75) is 32.4 Å². The van der Waals surface area contributed by atoms with Gasteiger partial charge in [0.15, 0.2) is 11.9 Å². The van der Waals surface area contributed by atoms with Crippen molar-refractivity contribution < 1.29 is 27.9 Å². The van der Waals surface area contributed by atoms with Crippen molar-refractivity contribution in [2.75, 3.05) is 6.54 Å². The molecule has 0 saturated carbocycles. The Labute approximate surface area is 155 Å². The molecular weight excluding hydrogens is 355 g/mol. The number of esters is 1. The number of rotatable bonds is 9. The van der Waals surface area contributed by atoms with Gasteiger partial charge >= 0.3 is 5.97 Å². The van der Waals surface area contributed by atoms with Gasteiger partial charge < -0.3 is 19.8 Å². The predicted molar refractivity (Wildman–Crippen MR) is 94.1 cm³/mol. The lowest BCUT2D eigenvalue weighted by Gasteiger charge is -2.13. The molecule has 1 atom stereocenters. The summed E-state index contributed by atoms with van der Waals surface area (Å²) in [6.07, 6.45) is 0.883. The molecule has 0 aliphatic rings. The second kappa shape index (κ2) is 10.1. The Morgan fingerprint density at radius 3 is 2.56 bits per heavy atom. The normalized spacial score (nSPS) is 11.5. The zero-order valence-corrected chi connectivity index (χ0v) is 14.9. The molecule has 1 aromatic heterocycles. The Morgan fingerprint density at radius 1 is 1.15 bits per heavy atom. The van der Waals surface area contributed by atoms with E-state index in [2.05, 4.69) is 10.6 Å². The van der Waals surface area contributed by atoms with Crippen LogP contribution in [0.5, 0.6) is 0 Å². The Balaban J connectivity index is 1.61. The van der Waals surface area contributed by atoms with Gasteiger partial charge in [-0.15, -0.1) is 0 Å². The molecule has 8 heteroatoms. The van der Waals surface area contributed by atoms with Crippen molar-refractivity contribution in [3.8, 4) is 0 Å². The van der Waals surface area contributed by atoms with Crippen LogP contribution in [0.2, 0.25) is 0 Å². The maximum absolute atomic E-state index is 12.8. The molecule has 144 valence electrons. The molecule has 1 heterocycles. The van der Waals surface area contributed by atoms with Gasteiger partial charge in [-0.2, -0.15) is 0 Å². The van der Waals surface area contributed by atoms with Crippen LogP contribution in [0, 0.1) is 5.82 Å². The summed E-state index contributed by atoms with van der Waals surface area (Å²) in [5.74, 6) is -1.50. The van der Waals surface area contributed by atoms with Crippen LogP contribution in [-0.4, -0.2) is 30.4 Å². The predicted octanol–water partition coefficient (Wildman–Crippen LogP) is 2.18. The molecule has 2 rings (SSSR count). The van der Waals surface area contributed by atoms with Gasteiger partial charge in [-0.05, 0) is 43.2 Å². The smallest absolute Gasteiger partial charge is 0.306 e. The first-order chi connectivity index (χ1) is 13.0. The zero-order chi connectivity index (χ0) is 19.6. The maximum Gasteiger partial charge on any atom is 0.306 e. The minimum atomic E-state index is -0.948. The molecule has 0 aliphatic heterocycles. The van der Waals surface area contributed by atoms with Crippen LogP contribution < -0.4 is 10.6 Å². The highest BCUT2D eigenvalue weighted by atomic mass is 19.1. The zero-order valence-electron chi connectivity index (χ0n) is 14.9. The van der Waals surface area contributed by atoms with Crippen molar-refractivity contribution >= 4 is 17.8 Å². The first kappa shape index (κ1) is 20.2. The highest BCUT2D eigenvalue weighted by Crippen LogP contribution is 2.04. The van der Waals surface area contributed by atoms with Crippen molar-refractivity contribution in [2.24, 2.45) is 0 Å². The van der Waals surface area contributed by atoms with Crippen LogP contribution in [0.1, 0.15) is 35.9 Å². The van der Waals surface area contributed by atoms with Crippen LogP contribution in [0.25, 0.3) is 0 Å². The second-order valence-electron chi connectivity index (χ2n) is 5.81. The van der Waals surface area contributed by atoms with E-state index < -0.39 is 18.0 Å². The summed E-state index contributed by atoms with van der Waals surface area (Å²) in [5.41, 5.74) is 0.732. The monoisotopic (exact) mass is 376 g/mol. The number of halogens is 1. The number of benzene rings is 1. The van der Waals surface area contributed by atoms with Gasteiger partial charge in [0.1, 0.15) is 5.82 Å². The third-order valence-electron chi connectivity index (χ3n) is 3.65. The Kier molecular flexibility index (Phi) is 7.54. The summed E-state index contributed by atoms with van der Waals surface area (Å²) < 4.78 is 22.8. The molecule has 0 fully saturated rings. The van der Waals surface area contributed by atoms with Crippen LogP contribution in [-0.2, 0) is 20.9 Å². The molecule has 1 unspecified atom stereocenters. The average molecular weight is 376 g/mol. The summed E-state index contributed by atoms with van der Waals surface area (Å²) in [5, 5.41) is 5.23. The fourth-order valence-corrected chi connectivity index (χ4v) is 2.17. The number of ether oxygens (including phenoxy) is 1. The van der Waals surface area contributed by atoms with E-state index in [1.165, 1.54) is 31.4 Å². The topological polar surface area (TPSA) is 97.6 Å². The minimum Gasteiger partial charge on any atom is -0.459 e. The lowest BCUT2D eigenvalue weighted by Crippen LogP contribution is -2.35. The van der Waals surface area contributed by atoms with Crippen LogP contribution in [0.15, 0.2) is 47.1 Å². The first-order valence-corrected chi connectivity index (χ1v) is 8.49. The van der Waals surface area contributed by atoms with Crippen LogP contribution >= 0.6 is 0 Å². The van der Waals surface area contributed by atoms with E-state index >= 15 is 0 Å². The standard InChI is InChI=1S/C19H21FN2O5/c1-13(18(24)22-12-14-6-8-15(20)9-7-14)27-17(23)5-2-10-21-19(25)16-4-3-11-26-16/h3-4,6-9,11,13H,2,5,10,12H2,1H3,(H,21,25)(H,22,24). The summed E-state index contributed by atoms with van der Waals surface area (Å²) in [6, 6.07) is 8.86. The fraction of sp³-hybridized carbons (Fsp3) is 0.316. The highest BCUT2D eigenvalue weighted by molar-refractivity contribution is 5.91.